The summed E-state index contributed by atoms with van der Waals surface area (Å²) in [5.41, 5.74) is 2.79. The first kappa shape index (κ1) is 9.41. The predicted molar refractivity (Wildman–Crippen MR) is 62.3 cm³/mol. The largest absolute Gasteiger partial charge is 0.298 e. The molecule has 2 aliphatic rings. The number of fused-ring (bicyclic) bond motifs is 1. The molecular weight excluding hydrogens is 182 g/mol. The normalized spacial score (nSPS) is 34.1. The highest BCUT2D eigenvalue weighted by molar-refractivity contribution is 5.21. The van der Waals surface area contributed by atoms with Crippen molar-refractivity contribution in [3.63, 3.8) is 0 Å². The Morgan fingerprint density at radius 3 is 2.40 bits per heavy atom. The highest BCUT2D eigenvalue weighted by atomic mass is 15.2. The summed E-state index contributed by atoms with van der Waals surface area (Å²) in [6.07, 6.45) is 0. The van der Waals surface area contributed by atoms with E-state index in [2.05, 4.69) is 43.0 Å². The Balaban J connectivity index is 1.60. The molecule has 2 unspecified atom stereocenters. The van der Waals surface area contributed by atoms with Gasteiger partial charge in [-0.2, -0.15) is 0 Å². The van der Waals surface area contributed by atoms with E-state index in [-0.39, 0.29) is 0 Å². The molecule has 1 heterocycles. The average molecular weight is 200 g/mol. The molecule has 3 rings (SSSR count). The van der Waals surface area contributed by atoms with Crippen LogP contribution in [0.3, 0.4) is 0 Å². The van der Waals surface area contributed by atoms with Gasteiger partial charge >= 0.3 is 0 Å². The molecule has 1 aliphatic carbocycles. The Kier molecular flexibility index (Phi) is 2.10. The third-order valence-electron chi connectivity index (χ3n) is 3.97. The van der Waals surface area contributed by atoms with Crippen LogP contribution in [-0.2, 0) is 6.54 Å². The van der Waals surface area contributed by atoms with Gasteiger partial charge in [-0.15, -0.1) is 0 Å². The van der Waals surface area contributed by atoms with Crippen molar-refractivity contribution in [1.29, 1.82) is 0 Å². The first-order valence-corrected chi connectivity index (χ1v) is 5.85. The van der Waals surface area contributed by atoms with Crippen molar-refractivity contribution in [2.24, 2.45) is 17.8 Å². The van der Waals surface area contributed by atoms with Crippen molar-refractivity contribution < 1.29 is 0 Å². The first-order chi connectivity index (χ1) is 7.24. The summed E-state index contributed by atoms with van der Waals surface area (Å²) in [6.45, 7) is 9.97. The van der Waals surface area contributed by atoms with Crippen LogP contribution < -0.4 is 0 Å². The number of nitrogens with zero attached hydrogens (tertiary/aromatic N) is 1. The maximum Gasteiger partial charge on any atom is 0.0233 e. The Morgan fingerprint density at radius 2 is 1.80 bits per heavy atom. The maximum absolute atomic E-state index is 4.16. The van der Waals surface area contributed by atoms with Crippen molar-refractivity contribution in [2.75, 3.05) is 13.1 Å². The van der Waals surface area contributed by atoms with Gasteiger partial charge in [0.25, 0.3) is 0 Å². The van der Waals surface area contributed by atoms with Crippen molar-refractivity contribution in [3.05, 3.63) is 42.3 Å². The summed E-state index contributed by atoms with van der Waals surface area (Å²) < 4.78 is 0. The van der Waals surface area contributed by atoms with Gasteiger partial charge in [-0.1, -0.05) is 29.8 Å². The number of hydrogen-bond acceptors (Lipinski definition) is 1. The summed E-state index contributed by atoms with van der Waals surface area (Å²) in [5.74, 6) is 2.59. The second-order valence-electron chi connectivity index (χ2n) is 5.17. The van der Waals surface area contributed by atoms with Gasteiger partial charge in [-0.05, 0) is 37.2 Å². The lowest BCUT2D eigenvalue weighted by Crippen LogP contribution is -2.23. The molecule has 0 amide bonds. The molecule has 1 aromatic rings. The van der Waals surface area contributed by atoms with E-state index in [0.29, 0.717) is 0 Å². The lowest BCUT2D eigenvalue weighted by atomic mass is 10.1. The first-order valence-electron chi connectivity index (χ1n) is 5.85. The van der Waals surface area contributed by atoms with Gasteiger partial charge in [0.1, 0.15) is 0 Å². The second-order valence-corrected chi connectivity index (χ2v) is 5.17. The van der Waals surface area contributed by atoms with Gasteiger partial charge in [0.05, 0.1) is 0 Å². The minimum Gasteiger partial charge on any atom is -0.298 e. The number of hydrogen-bond donors (Lipinski definition) is 0. The molecule has 2 fully saturated rings. The average Bonchev–Trinajstić information content (AvgIpc) is 2.66. The highest BCUT2D eigenvalue weighted by Gasteiger charge is 2.52. The number of likely N-dealkylation sites (tertiary alicyclic amines) is 1. The molecule has 1 aliphatic heterocycles. The van der Waals surface area contributed by atoms with Crippen LogP contribution in [0.15, 0.2) is 24.3 Å². The number of rotatable bonds is 2. The topological polar surface area (TPSA) is 3.24 Å². The third kappa shape index (κ3) is 1.69. The van der Waals surface area contributed by atoms with E-state index in [1.54, 1.807) is 0 Å². The smallest absolute Gasteiger partial charge is 0.0233 e. The SMILES string of the molecule is [CH2]C1C2CN(Cc3ccc(C)cc3)CC12. The molecule has 0 spiro atoms. The minimum atomic E-state index is 0.763. The van der Waals surface area contributed by atoms with Crippen LogP contribution in [0.1, 0.15) is 11.1 Å². The van der Waals surface area contributed by atoms with Gasteiger partial charge in [0.2, 0.25) is 0 Å². The molecule has 15 heavy (non-hydrogen) atoms. The third-order valence-corrected chi connectivity index (χ3v) is 3.97. The lowest BCUT2D eigenvalue weighted by Gasteiger charge is -2.18. The van der Waals surface area contributed by atoms with Crippen LogP contribution in [0.2, 0.25) is 0 Å². The second kappa shape index (κ2) is 3.34. The number of piperidine rings is 1. The quantitative estimate of drug-likeness (QED) is 0.709. The van der Waals surface area contributed by atoms with E-state index < -0.39 is 0 Å². The fraction of sp³-hybridized carbons (Fsp3) is 0.500. The van der Waals surface area contributed by atoms with Gasteiger partial charge in [-0.25, -0.2) is 0 Å². The van der Waals surface area contributed by atoms with Crippen LogP contribution in [-0.4, -0.2) is 18.0 Å². The Labute approximate surface area is 92.1 Å². The monoisotopic (exact) mass is 200 g/mol. The number of aryl methyl sites for hydroxylation is 1. The molecule has 1 radical (unpaired) electrons. The Bertz CT molecular complexity index is 342. The Morgan fingerprint density at radius 1 is 1.20 bits per heavy atom. The van der Waals surface area contributed by atoms with Crippen LogP contribution >= 0.6 is 0 Å². The van der Waals surface area contributed by atoms with Crippen molar-refractivity contribution >= 4 is 0 Å². The number of benzene rings is 1. The van der Waals surface area contributed by atoms with Crippen molar-refractivity contribution in [3.8, 4) is 0 Å². The standard InChI is InChI=1S/C14H18N/c1-10-3-5-12(6-4-10)7-15-8-13-11(2)14(13)9-15/h3-6,11,13-14H,2,7-9H2,1H3. The summed E-state index contributed by atoms with van der Waals surface area (Å²) >= 11 is 0. The summed E-state index contributed by atoms with van der Waals surface area (Å²) in [5, 5.41) is 0. The van der Waals surface area contributed by atoms with Gasteiger partial charge in [-0.3, -0.25) is 4.90 Å². The molecule has 1 nitrogen and oxygen atoms in total. The fourth-order valence-corrected chi connectivity index (χ4v) is 2.82. The van der Waals surface area contributed by atoms with E-state index in [1.807, 2.05) is 0 Å². The zero-order valence-corrected chi connectivity index (χ0v) is 9.32. The summed E-state index contributed by atoms with van der Waals surface area (Å²) in [6, 6.07) is 8.91. The molecule has 1 heteroatoms. The van der Waals surface area contributed by atoms with Crippen molar-refractivity contribution in [1.82, 2.24) is 4.90 Å². The van der Waals surface area contributed by atoms with Crippen LogP contribution in [0.5, 0.6) is 0 Å². The van der Waals surface area contributed by atoms with E-state index >= 15 is 0 Å². The zero-order chi connectivity index (χ0) is 10.4. The molecule has 2 atom stereocenters. The molecule has 79 valence electrons. The minimum absolute atomic E-state index is 0.763. The molecule has 1 aromatic carbocycles. The highest BCUT2D eigenvalue weighted by Crippen LogP contribution is 2.51. The van der Waals surface area contributed by atoms with E-state index in [0.717, 1.165) is 24.3 Å². The molecule has 1 saturated carbocycles. The summed E-state index contributed by atoms with van der Waals surface area (Å²) in [4.78, 5) is 2.57. The van der Waals surface area contributed by atoms with Crippen molar-refractivity contribution in [2.45, 2.75) is 13.5 Å². The van der Waals surface area contributed by atoms with Gasteiger partial charge in [0.15, 0.2) is 0 Å². The molecule has 0 aromatic heterocycles. The van der Waals surface area contributed by atoms with Crippen LogP contribution in [0.4, 0.5) is 0 Å². The molecule has 1 saturated heterocycles. The molecular formula is C14H18N. The van der Waals surface area contributed by atoms with Gasteiger partial charge in [0, 0.05) is 19.6 Å². The zero-order valence-electron chi connectivity index (χ0n) is 9.32. The van der Waals surface area contributed by atoms with Crippen LogP contribution in [0, 0.1) is 31.6 Å². The molecule has 0 bridgehead atoms. The maximum atomic E-state index is 4.16. The van der Waals surface area contributed by atoms with Crippen LogP contribution in [0.25, 0.3) is 0 Å². The van der Waals surface area contributed by atoms with Gasteiger partial charge < -0.3 is 0 Å². The molecule has 0 N–H and O–H groups in total. The van der Waals surface area contributed by atoms with E-state index in [1.165, 1.54) is 24.2 Å². The van der Waals surface area contributed by atoms with E-state index in [9.17, 15) is 0 Å². The lowest BCUT2D eigenvalue weighted by molar-refractivity contribution is 0.286. The summed E-state index contributed by atoms with van der Waals surface area (Å²) in [7, 11) is 0. The predicted octanol–water partition coefficient (Wildman–Crippen LogP) is 2.51. The fourth-order valence-electron chi connectivity index (χ4n) is 2.82. The van der Waals surface area contributed by atoms with E-state index in [4.69, 9.17) is 0 Å². The Hall–Kier alpha value is -0.820.